The lowest BCUT2D eigenvalue weighted by molar-refractivity contribution is 1.04. The Bertz CT molecular complexity index is 2100. The highest BCUT2D eigenvalue weighted by Gasteiger charge is 2.09. The van der Waals surface area contributed by atoms with Crippen LogP contribution in [0.1, 0.15) is 75.1 Å². The Morgan fingerprint density at radius 2 is 1.44 bits per heavy atom. The molecule has 0 fully saturated rings. The van der Waals surface area contributed by atoms with Crippen LogP contribution in [0.2, 0.25) is 0 Å². The summed E-state index contributed by atoms with van der Waals surface area (Å²) >= 11 is 0. The molecule has 0 atom stereocenters. The van der Waals surface area contributed by atoms with Gasteiger partial charge in [-0.05, 0) is 86.6 Å². The van der Waals surface area contributed by atoms with Crippen LogP contribution >= 0.6 is 0 Å². The first-order chi connectivity index (χ1) is 26.2. The van der Waals surface area contributed by atoms with Crippen LogP contribution in [0.4, 0.5) is 0 Å². The summed E-state index contributed by atoms with van der Waals surface area (Å²) < 4.78 is 0. The number of benzene rings is 2. The van der Waals surface area contributed by atoms with Crippen molar-refractivity contribution in [2.24, 2.45) is 15.0 Å². The summed E-state index contributed by atoms with van der Waals surface area (Å²) in [5.74, 6) is 1.11. The van der Waals surface area contributed by atoms with Crippen LogP contribution in [0.25, 0.3) is 17.7 Å². The Hall–Kier alpha value is -6.26. The monoisotopic (exact) mass is 710 g/mol. The molecule has 0 aliphatic carbocycles. The Morgan fingerprint density at radius 3 is 2.11 bits per heavy atom. The van der Waals surface area contributed by atoms with Gasteiger partial charge in [0, 0.05) is 37.0 Å². The van der Waals surface area contributed by atoms with Crippen LogP contribution in [0, 0.1) is 0 Å². The van der Waals surface area contributed by atoms with E-state index in [-0.39, 0.29) is 0 Å². The normalized spacial score (nSPS) is 14.3. The van der Waals surface area contributed by atoms with Crippen molar-refractivity contribution >= 4 is 35.6 Å². The van der Waals surface area contributed by atoms with Gasteiger partial charge in [0.2, 0.25) is 0 Å². The van der Waals surface area contributed by atoms with Gasteiger partial charge in [-0.15, -0.1) is 0 Å². The van der Waals surface area contributed by atoms with Gasteiger partial charge >= 0.3 is 0 Å². The van der Waals surface area contributed by atoms with Gasteiger partial charge in [0.1, 0.15) is 0 Å². The van der Waals surface area contributed by atoms with Gasteiger partial charge in [-0.3, -0.25) is 9.98 Å². The van der Waals surface area contributed by atoms with Crippen molar-refractivity contribution in [2.45, 2.75) is 48.0 Å². The molecule has 0 radical (unpaired) electrons. The maximum Gasteiger partial charge on any atom is 0.161 e. The molecule has 3 aromatic rings. The van der Waals surface area contributed by atoms with Crippen LogP contribution < -0.4 is 0 Å². The number of pyridine rings is 1. The highest BCUT2D eigenvalue weighted by atomic mass is 15.0. The van der Waals surface area contributed by atoms with Gasteiger partial charge in [0.05, 0.1) is 5.69 Å². The third-order valence-corrected chi connectivity index (χ3v) is 8.29. The van der Waals surface area contributed by atoms with E-state index in [1.54, 1.807) is 13.1 Å². The summed E-state index contributed by atoms with van der Waals surface area (Å²) in [6, 6.07) is 20.5. The quantitative estimate of drug-likeness (QED) is 0.0880. The van der Waals surface area contributed by atoms with E-state index in [0.717, 1.165) is 50.2 Å². The minimum Gasteiger partial charge on any atom is -0.270 e. The van der Waals surface area contributed by atoms with E-state index in [0.29, 0.717) is 18.1 Å². The topological polar surface area (TPSA) is 50.0 Å². The summed E-state index contributed by atoms with van der Waals surface area (Å²) in [6.45, 7) is 20.4. The number of aromatic nitrogens is 1. The van der Waals surface area contributed by atoms with Gasteiger partial charge < -0.3 is 0 Å². The third kappa shape index (κ3) is 14.0. The molecule has 4 nitrogen and oxygen atoms in total. The number of hydrogen-bond donors (Lipinski definition) is 0. The molecule has 0 bridgehead atoms. The van der Waals surface area contributed by atoms with E-state index in [4.69, 9.17) is 9.98 Å². The number of rotatable bonds is 15. The van der Waals surface area contributed by atoms with Crippen molar-refractivity contribution in [3.63, 3.8) is 0 Å². The largest absolute Gasteiger partial charge is 0.270 e. The van der Waals surface area contributed by atoms with Crippen molar-refractivity contribution in [1.82, 2.24) is 4.98 Å². The number of allylic oxidation sites excluding steroid dienone is 16. The van der Waals surface area contributed by atoms with Crippen molar-refractivity contribution in [3.05, 3.63) is 215 Å². The zero-order chi connectivity index (χ0) is 39.1. The molecule has 2 aromatic carbocycles. The number of aliphatic imine (C=N–C) groups is 3. The van der Waals surface area contributed by atoms with Gasteiger partial charge in [0.15, 0.2) is 11.7 Å². The SMILES string of the molecule is C=C/C=C\c1cccnc1C/C(C)=C/C=C(\C=C/C)C(=N/C(=N\C)c1ccc(C(=C)/C=C\C=C/C)cc1)/N=C/c1ccc(/C=C(C)/C(C)=C\C=C/C)cc1. The smallest absolute Gasteiger partial charge is 0.161 e. The maximum atomic E-state index is 5.07. The molecule has 274 valence electrons. The van der Waals surface area contributed by atoms with Crippen LogP contribution in [0.5, 0.6) is 0 Å². The zero-order valence-electron chi connectivity index (χ0n) is 33.0. The number of amidine groups is 2. The molecule has 0 N–H and O–H groups in total. The first-order valence-electron chi connectivity index (χ1n) is 18.2. The van der Waals surface area contributed by atoms with Crippen molar-refractivity contribution in [3.8, 4) is 0 Å². The fraction of sp³-hybridized carbons (Fsp3) is 0.160. The second-order valence-corrected chi connectivity index (χ2v) is 12.5. The van der Waals surface area contributed by atoms with Crippen molar-refractivity contribution < 1.29 is 0 Å². The molecule has 4 heteroatoms. The highest BCUT2D eigenvalue weighted by molar-refractivity contribution is 6.15. The van der Waals surface area contributed by atoms with Crippen LogP contribution in [0.15, 0.2) is 196 Å². The summed E-state index contributed by atoms with van der Waals surface area (Å²) in [4.78, 5) is 19.3. The van der Waals surface area contributed by atoms with Crippen molar-refractivity contribution in [1.29, 1.82) is 0 Å². The Kier molecular flexibility index (Phi) is 18.2. The maximum absolute atomic E-state index is 5.07. The van der Waals surface area contributed by atoms with Crippen LogP contribution in [-0.4, -0.2) is 29.9 Å². The van der Waals surface area contributed by atoms with Crippen molar-refractivity contribution in [2.75, 3.05) is 7.05 Å². The van der Waals surface area contributed by atoms with E-state index in [2.05, 4.69) is 105 Å². The molecule has 0 aliphatic rings. The molecule has 0 saturated carbocycles. The van der Waals surface area contributed by atoms with Gasteiger partial charge in [0.25, 0.3) is 0 Å². The molecule has 0 saturated heterocycles. The minimum atomic E-state index is 0.539. The molecule has 1 heterocycles. The third-order valence-electron chi connectivity index (χ3n) is 8.29. The predicted octanol–water partition coefficient (Wildman–Crippen LogP) is 12.9. The van der Waals surface area contributed by atoms with Crippen LogP contribution in [0.3, 0.4) is 0 Å². The van der Waals surface area contributed by atoms with E-state index in [9.17, 15) is 0 Å². The minimum absolute atomic E-state index is 0.539. The standard InChI is InChI=1S/C50H54N4/c1-10-14-17-21-40(7)44-30-32-47(33-31-44)49(51-9)54-50(53-37-43-27-25-42(26-28-43)36-41(8)39(6)20-15-11-2)46(19-13-4)29-24-38(5)35-48-45(22-16-12-3)23-18-34-52-48/h10-34,36-37H,3,7,35H2,1-2,4-6,8-9H3/b14-10-,15-11-,19-13-,21-17-,22-16-,38-24+,39-20-,41-36+,46-29+,51-49-,53-37+,54-50-. The highest BCUT2D eigenvalue weighted by Crippen LogP contribution is 2.19. The lowest BCUT2D eigenvalue weighted by atomic mass is 10.0. The first kappa shape index (κ1) is 42.2. The zero-order valence-corrected chi connectivity index (χ0v) is 33.0. The molecule has 54 heavy (non-hydrogen) atoms. The van der Waals surface area contributed by atoms with Gasteiger partial charge in [-0.2, -0.15) is 0 Å². The molecule has 0 spiro atoms. The Balaban J connectivity index is 2.06. The van der Waals surface area contributed by atoms with Crippen LogP contribution in [-0.2, 0) is 6.42 Å². The molecule has 0 aliphatic heterocycles. The summed E-state index contributed by atoms with van der Waals surface area (Å²) in [5.41, 5.74) is 11.4. The molecular formula is C50H54N4. The summed E-state index contributed by atoms with van der Waals surface area (Å²) in [6.07, 6.45) is 34.7. The predicted molar refractivity (Wildman–Crippen MR) is 239 cm³/mol. The number of nitrogens with zero attached hydrogens (tertiary/aromatic N) is 4. The average molecular weight is 711 g/mol. The fourth-order valence-corrected chi connectivity index (χ4v) is 5.14. The van der Waals surface area contributed by atoms with E-state index in [1.165, 1.54) is 11.1 Å². The molecular weight excluding hydrogens is 657 g/mol. The lowest BCUT2D eigenvalue weighted by Gasteiger charge is -2.08. The molecule has 0 amide bonds. The second-order valence-electron chi connectivity index (χ2n) is 12.5. The van der Waals surface area contributed by atoms with Gasteiger partial charge in [-0.1, -0.05) is 164 Å². The lowest BCUT2D eigenvalue weighted by Crippen LogP contribution is -2.06. The average Bonchev–Trinajstić information content (AvgIpc) is 3.19. The number of hydrogen-bond acceptors (Lipinski definition) is 2. The summed E-state index contributed by atoms with van der Waals surface area (Å²) in [7, 11) is 1.75. The van der Waals surface area contributed by atoms with E-state index < -0.39 is 0 Å². The summed E-state index contributed by atoms with van der Waals surface area (Å²) in [5, 5.41) is 0. The molecule has 1 aromatic heterocycles. The van der Waals surface area contributed by atoms with E-state index >= 15 is 0 Å². The second kappa shape index (κ2) is 23.3. The fourth-order valence-electron chi connectivity index (χ4n) is 5.14. The molecule has 0 unspecified atom stereocenters. The Morgan fingerprint density at radius 1 is 0.741 bits per heavy atom. The van der Waals surface area contributed by atoms with E-state index in [1.807, 2.05) is 118 Å². The van der Waals surface area contributed by atoms with Gasteiger partial charge in [-0.25, -0.2) is 9.98 Å². The molecule has 3 rings (SSSR count). The first-order valence-corrected chi connectivity index (χ1v) is 18.2. The Labute approximate surface area is 324 Å².